The number of amides is 1. The van der Waals surface area contributed by atoms with Crippen LogP contribution in [0.2, 0.25) is 0 Å². The van der Waals surface area contributed by atoms with Crippen LogP contribution in [0.25, 0.3) is 0 Å². The summed E-state index contributed by atoms with van der Waals surface area (Å²) in [5.41, 5.74) is 3.98. The van der Waals surface area contributed by atoms with E-state index in [1.807, 2.05) is 6.92 Å². The van der Waals surface area contributed by atoms with Gasteiger partial charge in [-0.2, -0.15) is 0 Å². The van der Waals surface area contributed by atoms with Crippen molar-refractivity contribution in [1.29, 1.82) is 0 Å². The summed E-state index contributed by atoms with van der Waals surface area (Å²) in [7, 11) is 0. The maximum absolute atomic E-state index is 12.5. The highest BCUT2D eigenvalue weighted by atomic mass is 16.1. The zero-order valence-corrected chi connectivity index (χ0v) is 16.1. The number of nitrogens with one attached hydrogen (secondary N) is 1. The van der Waals surface area contributed by atoms with Gasteiger partial charge in [0.15, 0.2) is 0 Å². The Kier molecular flexibility index (Phi) is 7.81. The van der Waals surface area contributed by atoms with Crippen LogP contribution < -0.4 is 5.32 Å². The van der Waals surface area contributed by atoms with Gasteiger partial charge >= 0.3 is 0 Å². The molecule has 23 heavy (non-hydrogen) atoms. The number of carbonyl (C=O) groups excluding carboxylic acids is 1. The van der Waals surface area contributed by atoms with Gasteiger partial charge in [0, 0.05) is 17.9 Å². The number of aryl methyl sites for hydroxylation is 2. The fourth-order valence-corrected chi connectivity index (χ4v) is 3.24. The van der Waals surface area contributed by atoms with E-state index < -0.39 is 0 Å². The summed E-state index contributed by atoms with van der Waals surface area (Å²) in [6, 6.07) is 7.00. The molecule has 0 aliphatic rings. The van der Waals surface area contributed by atoms with Gasteiger partial charge in [0.05, 0.1) is 0 Å². The van der Waals surface area contributed by atoms with E-state index in [0.717, 1.165) is 19.3 Å². The van der Waals surface area contributed by atoms with Gasteiger partial charge in [-0.05, 0) is 38.2 Å². The van der Waals surface area contributed by atoms with E-state index in [1.165, 1.54) is 16.7 Å². The quantitative estimate of drug-likeness (QED) is 0.685. The van der Waals surface area contributed by atoms with Gasteiger partial charge in [-0.3, -0.25) is 4.79 Å². The molecule has 0 aromatic heterocycles. The van der Waals surface area contributed by atoms with E-state index in [-0.39, 0.29) is 17.9 Å². The van der Waals surface area contributed by atoms with E-state index in [4.69, 9.17) is 0 Å². The summed E-state index contributed by atoms with van der Waals surface area (Å²) in [5.74, 6) is 1.02. The molecule has 1 aromatic carbocycles. The lowest BCUT2D eigenvalue weighted by Gasteiger charge is -2.30. The topological polar surface area (TPSA) is 29.1 Å². The highest BCUT2D eigenvalue weighted by Gasteiger charge is 2.26. The van der Waals surface area contributed by atoms with Gasteiger partial charge < -0.3 is 5.32 Å². The first-order chi connectivity index (χ1) is 10.8. The molecule has 0 saturated heterocycles. The molecule has 1 rings (SSSR count). The molecule has 0 unspecified atom stereocenters. The van der Waals surface area contributed by atoms with Gasteiger partial charge in [-0.1, -0.05) is 70.4 Å². The minimum absolute atomic E-state index is 0.0607. The average Bonchev–Trinajstić information content (AvgIpc) is 2.48. The molecular formula is C21H35NO. The zero-order valence-electron chi connectivity index (χ0n) is 16.1. The number of rotatable bonds is 8. The molecule has 0 spiro atoms. The second kappa shape index (κ2) is 9.10. The Morgan fingerprint density at radius 3 is 2.04 bits per heavy atom. The highest BCUT2D eigenvalue weighted by molar-refractivity contribution is 5.78. The van der Waals surface area contributed by atoms with E-state index in [2.05, 4.69) is 65.1 Å². The van der Waals surface area contributed by atoms with Crippen LogP contribution >= 0.6 is 0 Å². The Labute approximate surface area is 143 Å². The summed E-state index contributed by atoms with van der Waals surface area (Å²) in [4.78, 5) is 12.5. The molecular weight excluding hydrogens is 282 g/mol. The average molecular weight is 318 g/mol. The predicted octanol–water partition coefficient (Wildman–Crippen LogP) is 5.37. The highest BCUT2D eigenvalue weighted by Crippen LogP contribution is 2.29. The smallest absolute Gasteiger partial charge is 0.223 e. The van der Waals surface area contributed by atoms with Crippen LogP contribution in [0.1, 0.15) is 76.5 Å². The minimum atomic E-state index is 0.0607. The van der Waals surface area contributed by atoms with Gasteiger partial charge in [0.1, 0.15) is 0 Å². The van der Waals surface area contributed by atoms with Gasteiger partial charge in [-0.15, -0.1) is 0 Å². The maximum atomic E-state index is 12.5. The molecule has 2 nitrogen and oxygen atoms in total. The lowest BCUT2D eigenvalue weighted by atomic mass is 9.84. The van der Waals surface area contributed by atoms with Gasteiger partial charge in [0.25, 0.3) is 0 Å². The number of hydrogen-bond acceptors (Lipinski definition) is 1. The lowest BCUT2D eigenvalue weighted by molar-refractivity contribution is -0.126. The predicted molar refractivity (Wildman–Crippen MR) is 99.8 cm³/mol. The Hall–Kier alpha value is -1.31. The van der Waals surface area contributed by atoms with Crippen molar-refractivity contribution >= 4 is 5.91 Å². The Bertz CT molecular complexity index is 486. The van der Waals surface area contributed by atoms with Crippen LogP contribution in [0.4, 0.5) is 0 Å². The van der Waals surface area contributed by atoms with Crippen LogP contribution in [-0.4, -0.2) is 11.9 Å². The molecule has 1 aromatic rings. The first-order valence-electron chi connectivity index (χ1n) is 9.18. The van der Waals surface area contributed by atoms with Crippen LogP contribution in [0, 0.1) is 25.7 Å². The summed E-state index contributed by atoms with van der Waals surface area (Å²) >= 11 is 0. The molecule has 0 fully saturated rings. The molecule has 0 bridgehead atoms. The zero-order chi connectivity index (χ0) is 17.6. The number of hydrogen-bond donors (Lipinski definition) is 1. The SMILES string of the molecule is CCC[C@@H](c1cc(C)cc(C)c1)[C@@H](CC)NC(=O)[C@H](C)C(C)C. The Morgan fingerprint density at radius 1 is 1.04 bits per heavy atom. The van der Waals surface area contributed by atoms with E-state index in [0.29, 0.717) is 11.8 Å². The normalized spacial score (nSPS) is 15.3. The van der Waals surface area contributed by atoms with Crippen molar-refractivity contribution in [3.8, 4) is 0 Å². The molecule has 1 amide bonds. The van der Waals surface area contributed by atoms with Crippen molar-refractivity contribution < 1.29 is 4.79 Å². The minimum Gasteiger partial charge on any atom is -0.353 e. The van der Waals surface area contributed by atoms with Crippen LogP contribution in [0.3, 0.4) is 0 Å². The van der Waals surface area contributed by atoms with Crippen molar-refractivity contribution in [2.75, 3.05) is 0 Å². The van der Waals surface area contributed by atoms with Crippen molar-refractivity contribution in [2.24, 2.45) is 11.8 Å². The summed E-state index contributed by atoms with van der Waals surface area (Å²) in [5, 5.41) is 3.33. The summed E-state index contributed by atoms with van der Waals surface area (Å²) in [6.45, 7) is 15.0. The summed E-state index contributed by atoms with van der Waals surface area (Å²) in [6.07, 6.45) is 3.20. The Balaban J connectivity index is 3.02. The molecule has 0 aliphatic carbocycles. The van der Waals surface area contributed by atoms with Crippen LogP contribution in [-0.2, 0) is 4.79 Å². The molecule has 0 aliphatic heterocycles. The molecule has 3 atom stereocenters. The first-order valence-corrected chi connectivity index (χ1v) is 9.18. The monoisotopic (exact) mass is 317 g/mol. The molecule has 2 heteroatoms. The third kappa shape index (κ3) is 5.67. The molecule has 0 saturated carbocycles. The fourth-order valence-electron chi connectivity index (χ4n) is 3.24. The van der Waals surface area contributed by atoms with Crippen molar-refractivity contribution in [1.82, 2.24) is 5.32 Å². The molecule has 0 radical (unpaired) electrons. The van der Waals surface area contributed by atoms with Crippen molar-refractivity contribution in [3.63, 3.8) is 0 Å². The van der Waals surface area contributed by atoms with Crippen molar-refractivity contribution in [3.05, 3.63) is 34.9 Å². The van der Waals surface area contributed by atoms with Gasteiger partial charge in [0.2, 0.25) is 5.91 Å². The summed E-state index contributed by atoms with van der Waals surface area (Å²) < 4.78 is 0. The van der Waals surface area contributed by atoms with E-state index in [9.17, 15) is 4.79 Å². The van der Waals surface area contributed by atoms with Crippen LogP contribution in [0.5, 0.6) is 0 Å². The first kappa shape index (κ1) is 19.7. The molecule has 0 heterocycles. The second-order valence-electron chi connectivity index (χ2n) is 7.37. The standard InChI is InChI=1S/C21H35NO/c1-8-10-19(18-12-15(5)11-16(6)13-18)20(9-2)22-21(23)17(7)14(3)4/h11-14,17,19-20H,8-10H2,1-7H3,(H,22,23)/t17-,19+,20-/m1/s1. The van der Waals surface area contributed by atoms with Crippen molar-refractivity contribution in [2.45, 2.75) is 79.7 Å². The van der Waals surface area contributed by atoms with Gasteiger partial charge in [-0.25, -0.2) is 0 Å². The van der Waals surface area contributed by atoms with E-state index in [1.54, 1.807) is 0 Å². The lowest BCUT2D eigenvalue weighted by Crippen LogP contribution is -2.42. The third-order valence-electron chi connectivity index (χ3n) is 4.94. The maximum Gasteiger partial charge on any atom is 0.223 e. The van der Waals surface area contributed by atoms with E-state index >= 15 is 0 Å². The second-order valence-corrected chi connectivity index (χ2v) is 7.37. The molecule has 1 N–H and O–H groups in total. The number of carbonyl (C=O) groups is 1. The number of benzene rings is 1. The van der Waals surface area contributed by atoms with Crippen LogP contribution in [0.15, 0.2) is 18.2 Å². The Morgan fingerprint density at radius 2 is 1.61 bits per heavy atom. The largest absolute Gasteiger partial charge is 0.353 e. The third-order valence-corrected chi connectivity index (χ3v) is 4.94. The molecule has 130 valence electrons. The fraction of sp³-hybridized carbons (Fsp3) is 0.667.